The van der Waals surface area contributed by atoms with Crippen LogP contribution in [0.25, 0.3) is 0 Å². The number of nitrogens with two attached hydrogens (primary N) is 1. The summed E-state index contributed by atoms with van der Waals surface area (Å²) >= 11 is 0. The highest BCUT2D eigenvalue weighted by atomic mass is 16.1. The second-order valence-corrected chi connectivity index (χ2v) is 4.39. The Labute approximate surface area is 92.0 Å². The smallest absolute Gasteiger partial charge is 0.220 e. The highest BCUT2D eigenvalue weighted by molar-refractivity contribution is 5.76. The van der Waals surface area contributed by atoms with Gasteiger partial charge in [0.05, 0.1) is 0 Å². The molecule has 0 bridgehead atoms. The fourth-order valence-electron chi connectivity index (χ4n) is 1.99. The maximum atomic E-state index is 11.5. The molecule has 88 valence electrons. The van der Waals surface area contributed by atoms with Crippen molar-refractivity contribution in [1.29, 1.82) is 0 Å². The minimum atomic E-state index is 0.186. The molecule has 0 heterocycles. The largest absolute Gasteiger partial charge is 0.353 e. The lowest BCUT2D eigenvalue weighted by Crippen LogP contribution is -2.40. The fourth-order valence-corrected chi connectivity index (χ4v) is 1.99. The summed E-state index contributed by atoms with van der Waals surface area (Å²) in [6.45, 7) is 0.906. The number of nitrogens with one attached hydrogen (secondary N) is 2. The Morgan fingerprint density at radius 2 is 2.00 bits per heavy atom. The third-order valence-corrected chi connectivity index (χ3v) is 2.97. The summed E-state index contributed by atoms with van der Waals surface area (Å²) in [6.07, 6.45) is 5.71. The topological polar surface area (TPSA) is 67.2 Å². The molecule has 15 heavy (non-hydrogen) atoms. The predicted octanol–water partition coefficient (Wildman–Crippen LogP) is 0.372. The van der Waals surface area contributed by atoms with Crippen LogP contribution in [0.2, 0.25) is 0 Å². The van der Waals surface area contributed by atoms with E-state index in [-0.39, 0.29) is 5.91 Å². The summed E-state index contributed by atoms with van der Waals surface area (Å²) in [5.41, 5.74) is 5.81. The van der Waals surface area contributed by atoms with E-state index in [0.29, 0.717) is 18.5 Å². The van der Waals surface area contributed by atoms with Crippen molar-refractivity contribution in [2.24, 2.45) is 5.73 Å². The van der Waals surface area contributed by atoms with Gasteiger partial charge in [-0.3, -0.25) is 4.79 Å². The molecule has 4 heteroatoms. The van der Waals surface area contributed by atoms with E-state index < -0.39 is 0 Å². The van der Waals surface area contributed by atoms with Crippen molar-refractivity contribution in [1.82, 2.24) is 10.6 Å². The van der Waals surface area contributed by atoms with Gasteiger partial charge in [-0.1, -0.05) is 0 Å². The van der Waals surface area contributed by atoms with Crippen molar-refractivity contribution < 1.29 is 4.79 Å². The predicted molar refractivity (Wildman–Crippen MR) is 61.5 cm³/mol. The number of rotatable bonds is 5. The lowest BCUT2D eigenvalue weighted by Gasteiger charge is -2.26. The highest BCUT2D eigenvalue weighted by Crippen LogP contribution is 2.16. The van der Waals surface area contributed by atoms with Gasteiger partial charge in [0, 0.05) is 18.5 Å². The van der Waals surface area contributed by atoms with Crippen LogP contribution in [-0.2, 0) is 4.79 Å². The Kier molecular flexibility index (Phi) is 5.65. The monoisotopic (exact) mass is 213 g/mol. The van der Waals surface area contributed by atoms with Crippen LogP contribution in [0.5, 0.6) is 0 Å². The summed E-state index contributed by atoms with van der Waals surface area (Å²) in [7, 11) is 1.90. The second-order valence-electron chi connectivity index (χ2n) is 4.39. The van der Waals surface area contributed by atoms with Crippen LogP contribution in [0.1, 0.15) is 38.5 Å². The minimum absolute atomic E-state index is 0.186. The fraction of sp³-hybridized carbons (Fsp3) is 0.909. The SMILES string of the molecule is CNCCCC(=O)NC1CCC(N)CC1. The van der Waals surface area contributed by atoms with Crippen LogP contribution in [0.3, 0.4) is 0 Å². The molecule has 0 aromatic carbocycles. The van der Waals surface area contributed by atoms with Gasteiger partial charge in [-0.25, -0.2) is 0 Å². The molecular formula is C11H23N3O. The van der Waals surface area contributed by atoms with Crippen molar-refractivity contribution >= 4 is 5.91 Å². The molecule has 0 unspecified atom stereocenters. The zero-order valence-electron chi connectivity index (χ0n) is 9.59. The zero-order valence-corrected chi connectivity index (χ0v) is 9.59. The Bertz CT molecular complexity index is 188. The van der Waals surface area contributed by atoms with Crippen LogP contribution in [-0.4, -0.2) is 31.6 Å². The molecular weight excluding hydrogens is 190 g/mol. The molecule has 1 aliphatic carbocycles. The third kappa shape index (κ3) is 5.14. The normalized spacial score (nSPS) is 26.3. The van der Waals surface area contributed by atoms with Crippen LogP contribution in [0, 0.1) is 0 Å². The summed E-state index contributed by atoms with van der Waals surface area (Å²) in [6, 6.07) is 0.717. The lowest BCUT2D eigenvalue weighted by atomic mass is 9.92. The molecule has 0 atom stereocenters. The summed E-state index contributed by atoms with van der Waals surface area (Å²) in [5, 5.41) is 6.11. The van der Waals surface area contributed by atoms with Crippen molar-refractivity contribution in [3.05, 3.63) is 0 Å². The average Bonchev–Trinajstić information content (AvgIpc) is 2.22. The van der Waals surface area contributed by atoms with Gasteiger partial charge >= 0.3 is 0 Å². The molecule has 1 rings (SSSR count). The van der Waals surface area contributed by atoms with E-state index in [1.165, 1.54) is 0 Å². The number of carbonyl (C=O) groups excluding carboxylic acids is 1. The van der Waals surface area contributed by atoms with Crippen molar-refractivity contribution in [3.8, 4) is 0 Å². The van der Waals surface area contributed by atoms with E-state index in [0.717, 1.165) is 38.6 Å². The van der Waals surface area contributed by atoms with E-state index in [9.17, 15) is 4.79 Å². The molecule has 1 saturated carbocycles. The first kappa shape index (κ1) is 12.5. The van der Waals surface area contributed by atoms with Crippen molar-refractivity contribution in [2.75, 3.05) is 13.6 Å². The first-order valence-corrected chi connectivity index (χ1v) is 5.92. The number of amides is 1. The Hall–Kier alpha value is -0.610. The van der Waals surface area contributed by atoms with Gasteiger partial charge in [0.25, 0.3) is 0 Å². The molecule has 4 nitrogen and oxygen atoms in total. The van der Waals surface area contributed by atoms with Gasteiger partial charge in [-0.15, -0.1) is 0 Å². The van der Waals surface area contributed by atoms with Crippen LogP contribution >= 0.6 is 0 Å². The van der Waals surface area contributed by atoms with Crippen LogP contribution < -0.4 is 16.4 Å². The highest BCUT2D eigenvalue weighted by Gasteiger charge is 2.19. The summed E-state index contributed by atoms with van der Waals surface area (Å²) in [4.78, 5) is 11.5. The van der Waals surface area contributed by atoms with Crippen LogP contribution in [0.15, 0.2) is 0 Å². The van der Waals surface area contributed by atoms with Gasteiger partial charge < -0.3 is 16.4 Å². The number of hydrogen-bond donors (Lipinski definition) is 3. The average molecular weight is 213 g/mol. The molecule has 1 fully saturated rings. The second kappa shape index (κ2) is 6.80. The van der Waals surface area contributed by atoms with E-state index >= 15 is 0 Å². The Morgan fingerprint density at radius 3 is 2.60 bits per heavy atom. The Balaban J connectivity index is 2.09. The van der Waals surface area contributed by atoms with E-state index in [1.807, 2.05) is 7.05 Å². The van der Waals surface area contributed by atoms with Crippen molar-refractivity contribution in [3.63, 3.8) is 0 Å². The molecule has 0 aliphatic heterocycles. The van der Waals surface area contributed by atoms with Gasteiger partial charge in [0.15, 0.2) is 0 Å². The van der Waals surface area contributed by atoms with Crippen LogP contribution in [0.4, 0.5) is 0 Å². The maximum Gasteiger partial charge on any atom is 0.220 e. The zero-order chi connectivity index (χ0) is 11.1. The first-order valence-electron chi connectivity index (χ1n) is 5.92. The van der Waals surface area contributed by atoms with E-state index in [1.54, 1.807) is 0 Å². The van der Waals surface area contributed by atoms with Gasteiger partial charge in [-0.2, -0.15) is 0 Å². The Morgan fingerprint density at radius 1 is 1.33 bits per heavy atom. The molecule has 1 amide bonds. The third-order valence-electron chi connectivity index (χ3n) is 2.97. The van der Waals surface area contributed by atoms with Gasteiger partial charge in [-0.05, 0) is 45.7 Å². The van der Waals surface area contributed by atoms with E-state index in [4.69, 9.17) is 5.73 Å². The number of hydrogen-bond acceptors (Lipinski definition) is 3. The lowest BCUT2D eigenvalue weighted by molar-refractivity contribution is -0.122. The molecule has 0 saturated heterocycles. The quantitative estimate of drug-likeness (QED) is 0.578. The summed E-state index contributed by atoms with van der Waals surface area (Å²) in [5.74, 6) is 0.186. The molecule has 1 aliphatic rings. The van der Waals surface area contributed by atoms with Gasteiger partial charge in [0.2, 0.25) is 5.91 Å². The van der Waals surface area contributed by atoms with Crippen molar-refractivity contribution in [2.45, 2.75) is 50.6 Å². The first-order chi connectivity index (χ1) is 7.22. The molecule has 0 aromatic heterocycles. The van der Waals surface area contributed by atoms with E-state index in [2.05, 4.69) is 10.6 Å². The molecule has 4 N–H and O–H groups in total. The molecule has 0 aromatic rings. The minimum Gasteiger partial charge on any atom is -0.353 e. The standard InChI is InChI=1S/C11H23N3O/c1-13-8-2-3-11(15)14-10-6-4-9(12)5-7-10/h9-10,13H,2-8,12H2,1H3,(H,14,15). The summed E-state index contributed by atoms with van der Waals surface area (Å²) < 4.78 is 0. The maximum absolute atomic E-state index is 11.5. The molecule has 0 spiro atoms. The van der Waals surface area contributed by atoms with Gasteiger partial charge in [0.1, 0.15) is 0 Å². The number of carbonyl (C=O) groups is 1. The molecule has 0 radical (unpaired) electrons.